The lowest BCUT2D eigenvalue weighted by molar-refractivity contribution is -0.141. The fraction of sp³-hybridized carbons (Fsp3) is 0.0833. The molecule has 0 radical (unpaired) electrons. The van der Waals surface area contributed by atoms with E-state index in [4.69, 9.17) is 11.6 Å². The molecular weight excluding hydrogens is 343 g/mol. The van der Waals surface area contributed by atoms with Crippen molar-refractivity contribution in [1.29, 1.82) is 0 Å². The number of aromatic amines is 1. The lowest BCUT2D eigenvalue weighted by Gasteiger charge is -2.04. The van der Waals surface area contributed by atoms with Gasteiger partial charge in [-0.1, -0.05) is 23.7 Å². The van der Waals surface area contributed by atoms with Gasteiger partial charge in [0.25, 0.3) is 0 Å². The number of anilines is 1. The Morgan fingerprint density at radius 2 is 2.14 bits per heavy atom. The maximum absolute atomic E-state index is 12.5. The molecule has 0 atom stereocenters. The molecule has 9 heteroatoms. The van der Waals surface area contributed by atoms with Crippen LogP contribution in [0.3, 0.4) is 0 Å². The van der Waals surface area contributed by atoms with Gasteiger partial charge in [-0.2, -0.15) is 13.2 Å². The van der Waals surface area contributed by atoms with Gasteiger partial charge in [-0.15, -0.1) is 11.3 Å². The molecule has 21 heavy (non-hydrogen) atoms. The molecule has 0 fully saturated rings. The zero-order chi connectivity index (χ0) is 15.0. The third-order valence-electron chi connectivity index (χ3n) is 2.69. The number of aromatic nitrogens is 2. The molecule has 3 nitrogen and oxygen atoms in total. The van der Waals surface area contributed by atoms with Crippen LogP contribution in [0.4, 0.5) is 18.9 Å². The summed E-state index contributed by atoms with van der Waals surface area (Å²) in [6, 6.07) is 5.48. The topological polar surface area (TPSA) is 40.7 Å². The number of fused-ring (bicyclic) bond motifs is 1. The van der Waals surface area contributed by atoms with E-state index in [1.54, 1.807) is 12.3 Å². The molecule has 2 aromatic heterocycles. The van der Waals surface area contributed by atoms with E-state index in [1.807, 2.05) is 12.1 Å². The van der Waals surface area contributed by atoms with E-state index in [9.17, 15) is 13.2 Å². The highest BCUT2D eigenvalue weighted by Gasteiger charge is 2.33. The lowest BCUT2D eigenvalue weighted by Crippen LogP contribution is -2.04. The highest BCUT2D eigenvalue weighted by atomic mass is 35.5. The SMILES string of the molecule is FC(F)(F)c1csc(SNc2cccc3c(Cl)c[nH]c23)n1. The molecule has 0 aliphatic heterocycles. The van der Waals surface area contributed by atoms with Crippen LogP contribution in [0, 0.1) is 0 Å². The smallest absolute Gasteiger partial charge is 0.358 e. The van der Waals surface area contributed by atoms with Crippen LogP contribution in [-0.4, -0.2) is 9.97 Å². The number of H-pyrrole nitrogens is 1. The van der Waals surface area contributed by atoms with Crippen LogP contribution in [0.2, 0.25) is 5.02 Å². The Morgan fingerprint density at radius 3 is 2.86 bits per heavy atom. The minimum absolute atomic E-state index is 0.289. The number of halogens is 4. The second-order valence-corrected chi connectivity index (χ2v) is 6.38. The number of rotatable bonds is 3. The summed E-state index contributed by atoms with van der Waals surface area (Å²) in [5, 5.41) is 2.43. The third kappa shape index (κ3) is 2.97. The van der Waals surface area contributed by atoms with Crippen LogP contribution < -0.4 is 4.72 Å². The maximum atomic E-state index is 12.5. The van der Waals surface area contributed by atoms with Crippen molar-refractivity contribution < 1.29 is 13.2 Å². The molecule has 110 valence electrons. The van der Waals surface area contributed by atoms with Crippen molar-refractivity contribution in [3.8, 4) is 0 Å². The largest absolute Gasteiger partial charge is 0.434 e. The van der Waals surface area contributed by atoms with Crippen LogP contribution in [-0.2, 0) is 6.18 Å². The molecule has 0 amide bonds. The zero-order valence-corrected chi connectivity index (χ0v) is 12.6. The van der Waals surface area contributed by atoms with Crippen molar-refractivity contribution in [2.45, 2.75) is 10.5 Å². The van der Waals surface area contributed by atoms with Gasteiger partial charge in [0.2, 0.25) is 0 Å². The molecule has 2 N–H and O–H groups in total. The molecule has 0 bridgehead atoms. The molecular formula is C12H7ClF3N3S2. The average molecular weight is 350 g/mol. The number of nitrogens with zero attached hydrogens (tertiary/aromatic N) is 1. The Hall–Kier alpha value is -1.38. The fourth-order valence-corrected chi connectivity index (χ4v) is 3.47. The molecule has 3 aromatic rings. The molecule has 0 saturated carbocycles. The van der Waals surface area contributed by atoms with Gasteiger partial charge in [-0.3, -0.25) is 0 Å². The lowest BCUT2D eigenvalue weighted by atomic mass is 10.2. The summed E-state index contributed by atoms with van der Waals surface area (Å²) in [4.78, 5) is 6.56. The van der Waals surface area contributed by atoms with Crippen LogP contribution in [0.25, 0.3) is 10.9 Å². The normalized spacial score (nSPS) is 12.0. The van der Waals surface area contributed by atoms with Gasteiger partial charge in [0.05, 0.1) is 16.2 Å². The second kappa shape index (κ2) is 5.43. The first-order valence-corrected chi connectivity index (χ1v) is 7.74. The number of para-hydroxylation sites is 1. The summed E-state index contributed by atoms with van der Waals surface area (Å²) < 4.78 is 40.7. The highest BCUT2D eigenvalue weighted by molar-refractivity contribution is 8.02. The first-order valence-electron chi connectivity index (χ1n) is 5.66. The highest BCUT2D eigenvalue weighted by Crippen LogP contribution is 2.35. The van der Waals surface area contributed by atoms with Gasteiger partial charge < -0.3 is 9.71 Å². The predicted molar refractivity (Wildman–Crippen MR) is 79.9 cm³/mol. The first-order chi connectivity index (χ1) is 9.95. The molecule has 0 saturated heterocycles. The Labute approximate surface area is 130 Å². The van der Waals surface area contributed by atoms with Crippen LogP contribution in [0.15, 0.2) is 34.1 Å². The number of hydrogen-bond acceptors (Lipinski definition) is 4. The maximum Gasteiger partial charge on any atom is 0.434 e. The molecule has 0 aliphatic rings. The number of hydrogen-bond donors (Lipinski definition) is 2. The summed E-state index contributed by atoms with van der Waals surface area (Å²) in [6.45, 7) is 0. The fourth-order valence-electron chi connectivity index (χ4n) is 1.74. The molecule has 2 heterocycles. The van der Waals surface area contributed by atoms with Crippen molar-refractivity contribution in [2.24, 2.45) is 0 Å². The minimum Gasteiger partial charge on any atom is -0.358 e. The summed E-state index contributed by atoms with van der Waals surface area (Å²) in [6.07, 6.45) is -2.75. The Morgan fingerprint density at radius 1 is 1.33 bits per heavy atom. The van der Waals surface area contributed by atoms with Gasteiger partial charge in [-0.25, -0.2) is 4.98 Å². The van der Waals surface area contributed by atoms with Gasteiger partial charge in [0, 0.05) is 28.9 Å². The standard InChI is InChI=1S/C12H7ClF3N3S2/c13-7-4-17-10-6(7)2-1-3-8(10)19-21-11-18-9(5-20-11)12(14,15)16/h1-5,17,19H. The molecule has 0 aliphatic carbocycles. The van der Waals surface area contributed by atoms with E-state index < -0.39 is 11.9 Å². The number of thiazole rings is 1. The van der Waals surface area contributed by atoms with Crippen molar-refractivity contribution in [2.75, 3.05) is 4.72 Å². The average Bonchev–Trinajstić information content (AvgIpc) is 3.04. The van der Waals surface area contributed by atoms with Crippen LogP contribution in [0.5, 0.6) is 0 Å². The van der Waals surface area contributed by atoms with Gasteiger partial charge >= 0.3 is 6.18 Å². The van der Waals surface area contributed by atoms with Gasteiger partial charge in [0.1, 0.15) is 0 Å². The number of nitrogens with one attached hydrogen (secondary N) is 2. The van der Waals surface area contributed by atoms with Gasteiger partial charge in [-0.05, 0) is 6.07 Å². The molecule has 3 rings (SSSR count). The van der Waals surface area contributed by atoms with Gasteiger partial charge in [0.15, 0.2) is 10.0 Å². The summed E-state index contributed by atoms with van der Waals surface area (Å²) in [5.41, 5.74) is 0.647. The van der Waals surface area contributed by atoms with E-state index in [2.05, 4.69) is 14.7 Å². The Balaban J connectivity index is 1.79. The predicted octanol–water partition coefficient (Wildman–Crippen LogP) is 5.42. The molecule has 0 unspecified atom stereocenters. The number of alkyl halides is 3. The van der Waals surface area contributed by atoms with E-state index in [0.717, 1.165) is 45.3 Å². The van der Waals surface area contributed by atoms with E-state index in [1.165, 1.54) is 0 Å². The van der Waals surface area contributed by atoms with Crippen molar-refractivity contribution >= 4 is 51.5 Å². The van der Waals surface area contributed by atoms with E-state index in [0.29, 0.717) is 5.02 Å². The monoisotopic (exact) mass is 349 g/mol. The minimum atomic E-state index is -4.41. The summed E-state index contributed by atoms with van der Waals surface area (Å²) in [7, 11) is 0. The second-order valence-electron chi connectivity index (χ2n) is 4.07. The molecule has 0 spiro atoms. The van der Waals surface area contributed by atoms with Crippen LogP contribution in [0.1, 0.15) is 5.69 Å². The van der Waals surface area contributed by atoms with Crippen molar-refractivity contribution in [1.82, 2.24) is 9.97 Å². The Bertz CT molecular complexity index is 781. The summed E-state index contributed by atoms with van der Waals surface area (Å²) in [5.74, 6) is 0. The first kappa shape index (κ1) is 14.6. The molecule has 1 aromatic carbocycles. The third-order valence-corrected chi connectivity index (χ3v) is 4.76. The quantitative estimate of drug-likeness (QED) is 0.621. The van der Waals surface area contributed by atoms with Crippen molar-refractivity contribution in [3.05, 3.63) is 40.5 Å². The van der Waals surface area contributed by atoms with Crippen molar-refractivity contribution in [3.63, 3.8) is 0 Å². The van der Waals surface area contributed by atoms with Crippen LogP contribution >= 0.6 is 34.9 Å². The van der Waals surface area contributed by atoms with E-state index in [-0.39, 0.29) is 4.34 Å². The number of benzene rings is 1. The Kier molecular flexibility index (Phi) is 3.76. The zero-order valence-electron chi connectivity index (χ0n) is 10.2. The van der Waals surface area contributed by atoms with E-state index >= 15 is 0 Å². The summed E-state index contributed by atoms with van der Waals surface area (Å²) >= 11 is 7.98.